The molecule has 2 nitrogen and oxygen atoms in total. The lowest BCUT2D eigenvalue weighted by Crippen LogP contribution is -2.51. The van der Waals surface area contributed by atoms with Crippen LogP contribution in [0.4, 0.5) is 0 Å². The molecule has 0 spiro atoms. The topological polar surface area (TPSA) is 37.3 Å². The standard InChI is InChI=1S/C19H23IO2/c1-12-16-4-3-5-17(21)19(16,2)11-14(18(12)22)10-13-6-8-15(20)9-7-13/h6-10,12,16-17,21H,3-5,11H2,1-2H3/b14-10-/t12?,16?,17-,19-/m0/s1. The first-order valence-corrected chi connectivity index (χ1v) is 9.18. The summed E-state index contributed by atoms with van der Waals surface area (Å²) in [4.78, 5) is 12.7. The number of rotatable bonds is 1. The normalized spacial score (nSPS) is 37.2. The van der Waals surface area contributed by atoms with Crippen LogP contribution < -0.4 is 0 Å². The molecule has 2 aliphatic carbocycles. The van der Waals surface area contributed by atoms with E-state index in [-0.39, 0.29) is 23.2 Å². The van der Waals surface area contributed by atoms with Crippen molar-refractivity contribution in [3.05, 3.63) is 39.0 Å². The molecule has 118 valence electrons. The smallest absolute Gasteiger partial charge is 0.161 e. The Morgan fingerprint density at radius 3 is 2.64 bits per heavy atom. The molecule has 0 radical (unpaired) electrons. The molecule has 1 aromatic carbocycles. The summed E-state index contributed by atoms with van der Waals surface area (Å²) in [6, 6.07) is 8.23. The fourth-order valence-corrected chi connectivity index (χ4v) is 4.72. The van der Waals surface area contributed by atoms with E-state index >= 15 is 0 Å². The van der Waals surface area contributed by atoms with Gasteiger partial charge in [0.15, 0.2) is 5.78 Å². The maximum Gasteiger partial charge on any atom is 0.161 e. The van der Waals surface area contributed by atoms with Crippen LogP contribution in [-0.2, 0) is 4.79 Å². The monoisotopic (exact) mass is 410 g/mol. The third kappa shape index (κ3) is 2.78. The molecule has 3 heteroatoms. The molecule has 0 amide bonds. The third-order valence-corrected chi connectivity index (χ3v) is 6.44. The van der Waals surface area contributed by atoms with E-state index in [9.17, 15) is 9.90 Å². The molecule has 0 heterocycles. The van der Waals surface area contributed by atoms with Crippen molar-refractivity contribution in [1.82, 2.24) is 0 Å². The van der Waals surface area contributed by atoms with Gasteiger partial charge in [0.25, 0.3) is 0 Å². The highest BCUT2D eigenvalue weighted by atomic mass is 127. The Kier molecular flexibility index (Phi) is 4.47. The van der Waals surface area contributed by atoms with Crippen molar-refractivity contribution < 1.29 is 9.90 Å². The summed E-state index contributed by atoms with van der Waals surface area (Å²) >= 11 is 2.28. The summed E-state index contributed by atoms with van der Waals surface area (Å²) in [6.45, 7) is 4.22. The SMILES string of the molecule is CC1C(=O)/C(=C\c2ccc(I)cc2)C[C@@]2(C)C1CCC[C@@H]2O. The summed E-state index contributed by atoms with van der Waals surface area (Å²) in [5, 5.41) is 10.5. The van der Waals surface area contributed by atoms with Crippen molar-refractivity contribution in [1.29, 1.82) is 0 Å². The molecule has 2 saturated carbocycles. The molecule has 3 rings (SSSR count). The number of halogens is 1. The summed E-state index contributed by atoms with van der Waals surface area (Å²) in [7, 11) is 0. The second-order valence-electron chi connectivity index (χ2n) is 7.11. The van der Waals surface area contributed by atoms with Crippen molar-refractivity contribution in [3.63, 3.8) is 0 Å². The Morgan fingerprint density at radius 1 is 1.27 bits per heavy atom. The lowest BCUT2D eigenvalue weighted by molar-refractivity contribution is -0.133. The Balaban J connectivity index is 1.95. The number of aliphatic hydroxyl groups excluding tert-OH is 1. The van der Waals surface area contributed by atoms with E-state index in [1.807, 2.05) is 13.0 Å². The van der Waals surface area contributed by atoms with E-state index in [2.05, 4.69) is 53.8 Å². The minimum Gasteiger partial charge on any atom is -0.393 e. The maximum absolute atomic E-state index is 12.7. The van der Waals surface area contributed by atoms with Gasteiger partial charge in [-0.15, -0.1) is 0 Å². The van der Waals surface area contributed by atoms with Crippen LogP contribution in [0.3, 0.4) is 0 Å². The zero-order valence-corrected chi connectivity index (χ0v) is 15.3. The van der Waals surface area contributed by atoms with E-state index < -0.39 is 0 Å². The van der Waals surface area contributed by atoms with Crippen molar-refractivity contribution >= 4 is 34.5 Å². The van der Waals surface area contributed by atoms with Crippen LogP contribution in [0.2, 0.25) is 0 Å². The van der Waals surface area contributed by atoms with E-state index in [1.165, 1.54) is 3.57 Å². The highest BCUT2D eigenvalue weighted by molar-refractivity contribution is 14.1. The van der Waals surface area contributed by atoms with Gasteiger partial charge in [0.2, 0.25) is 0 Å². The van der Waals surface area contributed by atoms with Crippen molar-refractivity contribution in [2.45, 2.75) is 45.6 Å². The number of ketones is 1. The zero-order chi connectivity index (χ0) is 15.9. The molecule has 1 aromatic rings. The van der Waals surface area contributed by atoms with Gasteiger partial charge in [-0.2, -0.15) is 0 Å². The van der Waals surface area contributed by atoms with Crippen LogP contribution in [-0.4, -0.2) is 17.0 Å². The Bertz CT molecular complexity index is 604. The largest absolute Gasteiger partial charge is 0.393 e. The number of allylic oxidation sites excluding steroid dienone is 1. The van der Waals surface area contributed by atoms with Crippen molar-refractivity contribution in [2.75, 3.05) is 0 Å². The second kappa shape index (κ2) is 6.08. The van der Waals surface area contributed by atoms with Gasteiger partial charge in [-0.1, -0.05) is 32.4 Å². The van der Waals surface area contributed by atoms with E-state index in [0.717, 1.165) is 30.4 Å². The number of fused-ring (bicyclic) bond motifs is 1. The predicted octanol–water partition coefficient (Wildman–Crippen LogP) is 4.45. The first-order valence-electron chi connectivity index (χ1n) is 8.10. The Labute approximate surface area is 146 Å². The van der Waals surface area contributed by atoms with Crippen LogP contribution in [0, 0.1) is 20.8 Å². The predicted molar refractivity (Wildman–Crippen MR) is 97.4 cm³/mol. The van der Waals surface area contributed by atoms with Crippen LogP contribution in [0.1, 0.15) is 45.1 Å². The summed E-state index contributed by atoms with van der Waals surface area (Å²) in [6.07, 6.45) is 5.41. The van der Waals surface area contributed by atoms with Gasteiger partial charge in [0.05, 0.1) is 6.10 Å². The van der Waals surface area contributed by atoms with Crippen molar-refractivity contribution in [3.8, 4) is 0 Å². The summed E-state index contributed by atoms with van der Waals surface area (Å²) in [5.41, 5.74) is 1.80. The molecule has 2 fully saturated rings. The molecule has 0 saturated heterocycles. The van der Waals surface area contributed by atoms with Gasteiger partial charge in [0.1, 0.15) is 0 Å². The number of hydrogen-bond acceptors (Lipinski definition) is 2. The van der Waals surface area contributed by atoms with Crippen LogP contribution in [0.15, 0.2) is 29.8 Å². The number of benzene rings is 1. The molecule has 0 aliphatic heterocycles. The number of hydrogen-bond donors (Lipinski definition) is 1. The minimum absolute atomic E-state index is 0.0174. The average molecular weight is 410 g/mol. The molecule has 0 aromatic heterocycles. The van der Waals surface area contributed by atoms with Gasteiger partial charge >= 0.3 is 0 Å². The van der Waals surface area contributed by atoms with E-state index in [1.54, 1.807) is 0 Å². The lowest BCUT2D eigenvalue weighted by atomic mass is 9.54. The van der Waals surface area contributed by atoms with Gasteiger partial charge in [-0.3, -0.25) is 4.79 Å². The molecule has 22 heavy (non-hydrogen) atoms. The third-order valence-electron chi connectivity index (χ3n) is 5.72. The first kappa shape index (κ1) is 16.2. The molecule has 1 N–H and O–H groups in total. The van der Waals surface area contributed by atoms with Gasteiger partial charge in [-0.05, 0) is 77.1 Å². The van der Waals surface area contributed by atoms with E-state index in [4.69, 9.17) is 0 Å². The number of carbonyl (C=O) groups is 1. The number of carbonyl (C=O) groups excluding carboxylic acids is 1. The average Bonchev–Trinajstić information content (AvgIpc) is 2.49. The maximum atomic E-state index is 12.7. The second-order valence-corrected chi connectivity index (χ2v) is 8.36. The number of Topliss-reactive ketones (excluding diaryl/α,β-unsaturated/α-hetero) is 1. The molecular formula is C19H23IO2. The molecular weight excluding hydrogens is 387 g/mol. The summed E-state index contributed by atoms with van der Waals surface area (Å²) in [5.74, 6) is 0.608. The lowest BCUT2D eigenvalue weighted by Gasteiger charge is -2.51. The number of aliphatic hydroxyl groups is 1. The van der Waals surface area contributed by atoms with Crippen LogP contribution >= 0.6 is 22.6 Å². The quantitative estimate of drug-likeness (QED) is 0.549. The zero-order valence-electron chi connectivity index (χ0n) is 13.2. The van der Waals surface area contributed by atoms with Gasteiger partial charge in [-0.25, -0.2) is 0 Å². The molecule has 2 aliphatic rings. The Hall–Kier alpha value is -0.680. The van der Waals surface area contributed by atoms with Crippen molar-refractivity contribution in [2.24, 2.45) is 17.3 Å². The highest BCUT2D eigenvalue weighted by Crippen LogP contribution is 2.53. The van der Waals surface area contributed by atoms with Crippen LogP contribution in [0.5, 0.6) is 0 Å². The minimum atomic E-state index is -0.290. The fraction of sp³-hybridized carbons (Fsp3) is 0.526. The van der Waals surface area contributed by atoms with E-state index in [0.29, 0.717) is 12.3 Å². The molecule has 0 bridgehead atoms. The molecule has 4 atom stereocenters. The first-order chi connectivity index (χ1) is 10.4. The highest BCUT2D eigenvalue weighted by Gasteiger charge is 2.51. The summed E-state index contributed by atoms with van der Waals surface area (Å²) < 4.78 is 1.19. The van der Waals surface area contributed by atoms with Crippen LogP contribution in [0.25, 0.3) is 6.08 Å². The molecule has 2 unspecified atom stereocenters. The fourth-order valence-electron chi connectivity index (χ4n) is 4.36. The van der Waals surface area contributed by atoms with Gasteiger partial charge < -0.3 is 5.11 Å². The van der Waals surface area contributed by atoms with Gasteiger partial charge in [0, 0.05) is 14.9 Å². The Morgan fingerprint density at radius 2 is 1.95 bits per heavy atom.